The molecule has 0 aliphatic heterocycles. The van der Waals surface area contributed by atoms with Crippen molar-refractivity contribution in [3.05, 3.63) is 0 Å². The quantitative estimate of drug-likeness (QED) is 0.672. The molecule has 2 heteroatoms. The van der Waals surface area contributed by atoms with Crippen molar-refractivity contribution in [2.45, 2.75) is 46.8 Å². The molecule has 1 aliphatic rings. The SMILES string of the molecule is C[C@H](O)CNC1C(C)(C)C1(C)C. The minimum atomic E-state index is -0.239. The highest BCUT2D eigenvalue weighted by molar-refractivity contribution is 5.17. The average Bonchev–Trinajstić information content (AvgIpc) is 2.21. The van der Waals surface area contributed by atoms with Crippen molar-refractivity contribution in [1.29, 1.82) is 0 Å². The lowest BCUT2D eigenvalue weighted by atomic mass is 10.0. The van der Waals surface area contributed by atoms with Crippen molar-refractivity contribution in [1.82, 2.24) is 5.32 Å². The largest absolute Gasteiger partial charge is 0.392 e. The smallest absolute Gasteiger partial charge is 0.0636 e. The highest BCUT2D eigenvalue weighted by atomic mass is 16.3. The third-order valence-corrected chi connectivity index (χ3v) is 3.64. The van der Waals surface area contributed by atoms with Gasteiger partial charge in [-0.05, 0) is 17.8 Å². The lowest BCUT2D eigenvalue weighted by Gasteiger charge is -2.07. The van der Waals surface area contributed by atoms with E-state index in [4.69, 9.17) is 5.11 Å². The van der Waals surface area contributed by atoms with Gasteiger partial charge in [0.1, 0.15) is 0 Å². The molecule has 1 aliphatic carbocycles. The summed E-state index contributed by atoms with van der Waals surface area (Å²) in [5.74, 6) is 0. The number of rotatable bonds is 3. The van der Waals surface area contributed by atoms with E-state index in [1.165, 1.54) is 0 Å². The fourth-order valence-electron chi connectivity index (χ4n) is 2.00. The predicted molar refractivity (Wildman–Crippen MR) is 51.0 cm³/mol. The average molecular weight is 171 g/mol. The van der Waals surface area contributed by atoms with Gasteiger partial charge in [0, 0.05) is 12.6 Å². The molecule has 0 unspecified atom stereocenters. The van der Waals surface area contributed by atoms with Gasteiger partial charge in [-0.15, -0.1) is 0 Å². The Bertz CT molecular complexity index is 159. The summed E-state index contributed by atoms with van der Waals surface area (Å²) < 4.78 is 0. The lowest BCUT2D eigenvalue weighted by Crippen LogP contribution is -2.29. The molecule has 0 saturated heterocycles. The summed E-state index contributed by atoms with van der Waals surface area (Å²) in [7, 11) is 0. The highest BCUT2D eigenvalue weighted by Gasteiger charge is 2.64. The second kappa shape index (κ2) is 2.71. The van der Waals surface area contributed by atoms with Crippen molar-refractivity contribution >= 4 is 0 Å². The summed E-state index contributed by atoms with van der Waals surface area (Å²) in [5.41, 5.74) is 0.754. The Morgan fingerprint density at radius 1 is 1.25 bits per heavy atom. The van der Waals surface area contributed by atoms with Gasteiger partial charge in [0.25, 0.3) is 0 Å². The van der Waals surface area contributed by atoms with Crippen LogP contribution >= 0.6 is 0 Å². The normalized spacial score (nSPS) is 28.5. The van der Waals surface area contributed by atoms with E-state index < -0.39 is 0 Å². The molecule has 72 valence electrons. The van der Waals surface area contributed by atoms with Crippen LogP contribution in [0.3, 0.4) is 0 Å². The van der Waals surface area contributed by atoms with Gasteiger partial charge in [-0.25, -0.2) is 0 Å². The number of aliphatic hydroxyl groups is 1. The summed E-state index contributed by atoms with van der Waals surface area (Å²) in [6.07, 6.45) is -0.239. The van der Waals surface area contributed by atoms with Crippen LogP contribution in [0.4, 0.5) is 0 Å². The Hall–Kier alpha value is -0.0800. The van der Waals surface area contributed by atoms with E-state index >= 15 is 0 Å². The molecule has 2 nitrogen and oxygen atoms in total. The van der Waals surface area contributed by atoms with Crippen LogP contribution in [0.1, 0.15) is 34.6 Å². The van der Waals surface area contributed by atoms with Crippen LogP contribution in [-0.4, -0.2) is 23.8 Å². The summed E-state index contributed by atoms with van der Waals surface area (Å²) in [5, 5.41) is 12.5. The molecule has 0 aromatic heterocycles. The molecular weight excluding hydrogens is 150 g/mol. The van der Waals surface area contributed by atoms with Crippen LogP contribution in [0.5, 0.6) is 0 Å². The Labute approximate surface area is 75.4 Å². The number of aliphatic hydroxyl groups excluding tert-OH is 1. The van der Waals surface area contributed by atoms with E-state index in [0.717, 1.165) is 0 Å². The summed E-state index contributed by atoms with van der Waals surface area (Å²) in [4.78, 5) is 0. The van der Waals surface area contributed by atoms with E-state index in [1.807, 2.05) is 6.92 Å². The predicted octanol–water partition coefficient (Wildman–Crippen LogP) is 1.39. The number of nitrogens with one attached hydrogen (secondary N) is 1. The molecule has 0 radical (unpaired) electrons. The van der Waals surface area contributed by atoms with Gasteiger partial charge in [0.2, 0.25) is 0 Å². The van der Waals surface area contributed by atoms with Gasteiger partial charge in [0.05, 0.1) is 6.10 Å². The Morgan fingerprint density at radius 2 is 1.67 bits per heavy atom. The van der Waals surface area contributed by atoms with Crippen molar-refractivity contribution in [2.75, 3.05) is 6.54 Å². The van der Waals surface area contributed by atoms with Crippen LogP contribution in [0.15, 0.2) is 0 Å². The molecule has 0 spiro atoms. The maximum Gasteiger partial charge on any atom is 0.0636 e. The molecule has 0 aromatic carbocycles. The van der Waals surface area contributed by atoms with E-state index in [9.17, 15) is 0 Å². The van der Waals surface area contributed by atoms with Gasteiger partial charge < -0.3 is 10.4 Å². The fourth-order valence-corrected chi connectivity index (χ4v) is 2.00. The highest BCUT2D eigenvalue weighted by Crippen LogP contribution is 2.62. The maximum absolute atomic E-state index is 9.11. The third-order valence-electron chi connectivity index (χ3n) is 3.64. The van der Waals surface area contributed by atoms with E-state index in [-0.39, 0.29) is 6.10 Å². The molecule has 2 N–H and O–H groups in total. The first-order valence-corrected chi connectivity index (χ1v) is 4.71. The van der Waals surface area contributed by atoms with E-state index in [2.05, 4.69) is 33.0 Å². The minimum Gasteiger partial charge on any atom is -0.392 e. The Balaban J connectivity index is 2.39. The topological polar surface area (TPSA) is 32.3 Å². The first-order valence-electron chi connectivity index (χ1n) is 4.71. The summed E-state index contributed by atoms with van der Waals surface area (Å²) in [6.45, 7) is 11.6. The molecule has 1 atom stereocenters. The minimum absolute atomic E-state index is 0.239. The molecule has 1 saturated carbocycles. The van der Waals surface area contributed by atoms with Gasteiger partial charge >= 0.3 is 0 Å². The first-order chi connectivity index (χ1) is 5.30. The Morgan fingerprint density at radius 3 is 1.92 bits per heavy atom. The molecule has 1 rings (SSSR count). The van der Waals surface area contributed by atoms with Gasteiger partial charge in [-0.3, -0.25) is 0 Å². The zero-order chi connectivity index (χ0) is 9.57. The maximum atomic E-state index is 9.11. The molecule has 12 heavy (non-hydrogen) atoms. The second-order valence-electron chi connectivity index (χ2n) is 5.13. The third kappa shape index (κ3) is 1.38. The van der Waals surface area contributed by atoms with Gasteiger partial charge in [-0.1, -0.05) is 27.7 Å². The number of hydrogen-bond acceptors (Lipinski definition) is 2. The number of hydrogen-bond donors (Lipinski definition) is 2. The van der Waals surface area contributed by atoms with Crippen LogP contribution in [-0.2, 0) is 0 Å². The van der Waals surface area contributed by atoms with Crippen molar-refractivity contribution < 1.29 is 5.11 Å². The van der Waals surface area contributed by atoms with E-state index in [1.54, 1.807) is 0 Å². The molecule has 0 aromatic rings. The molecule has 1 fully saturated rings. The second-order valence-corrected chi connectivity index (χ2v) is 5.13. The Kier molecular flexibility index (Phi) is 2.26. The summed E-state index contributed by atoms with van der Waals surface area (Å²) in [6, 6.07) is 0.555. The monoisotopic (exact) mass is 171 g/mol. The van der Waals surface area contributed by atoms with Crippen LogP contribution in [0, 0.1) is 10.8 Å². The molecule has 0 bridgehead atoms. The zero-order valence-corrected chi connectivity index (χ0v) is 8.81. The molecular formula is C10H21NO. The molecule has 0 amide bonds. The van der Waals surface area contributed by atoms with Gasteiger partial charge in [0.15, 0.2) is 0 Å². The van der Waals surface area contributed by atoms with Gasteiger partial charge in [-0.2, -0.15) is 0 Å². The van der Waals surface area contributed by atoms with Crippen LogP contribution < -0.4 is 5.32 Å². The van der Waals surface area contributed by atoms with Crippen molar-refractivity contribution in [3.63, 3.8) is 0 Å². The van der Waals surface area contributed by atoms with Crippen LogP contribution in [0.2, 0.25) is 0 Å². The standard InChI is InChI=1S/C10H21NO/c1-7(12)6-11-8-9(2,3)10(8,4)5/h7-8,11-12H,6H2,1-5H3/t7-/m0/s1. The zero-order valence-electron chi connectivity index (χ0n) is 8.81. The first kappa shape index (κ1) is 10.0. The van der Waals surface area contributed by atoms with Crippen molar-refractivity contribution in [3.8, 4) is 0 Å². The lowest BCUT2D eigenvalue weighted by molar-refractivity contribution is 0.188. The van der Waals surface area contributed by atoms with Crippen LogP contribution in [0.25, 0.3) is 0 Å². The fraction of sp³-hybridized carbons (Fsp3) is 1.00. The summed E-state index contributed by atoms with van der Waals surface area (Å²) >= 11 is 0. The van der Waals surface area contributed by atoms with E-state index in [0.29, 0.717) is 23.4 Å². The van der Waals surface area contributed by atoms with Crippen molar-refractivity contribution in [2.24, 2.45) is 10.8 Å². The molecule has 0 heterocycles.